The fourth-order valence-corrected chi connectivity index (χ4v) is 5.12. The van der Waals surface area contributed by atoms with Gasteiger partial charge in [0.1, 0.15) is 0 Å². The van der Waals surface area contributed by atoms with Crippen LogP contribution in [0.4, 0.5) is 0 Å². The van der Waals surface area contributed by atoms with Crippen LogP contribution in [0.15, 0.2) is 14.7 Å². The van der Waals surface area contributed by atoms with E-state index in [0.29, 0.717) is 0 Å². The van der Waals surface area contributed by atoms with Crippen molar-refractivity contribution in [3.63, 3.8) is 0 Å². The number of hydrogen-bond donors (Lipinski definition) is 0. The van der Waals surface area contributed by atoms with Gasteiger partial charge in [-0.15, -0.1) is 35.3 Å². The summed E-state index contributed by atoms with van der Waals surface area (Å²) in [6.45, 7) is 1.09. The number of thioether (sulfide) groups is 3. The highest BCUT2D eigenvalue weighted by Gasteiger charge is 2.25. The maximum atomic E-state index is 5.70. The first-order valence-corrected chi connectivity index (χ1v) is 10.7. The summed E-state index contributed by atoms with van der Waals surface area (Å²) in [4.78, 5) is 3.71. The molecule has 0 radical (unpaired) electrons. The summed E-state index contributed by atoms with van der Waals surface area (Å²) in [5.41, 5.74) is 1.38. The maximum Gasteiger partial charge on any atom is 0.176 e. The molecule has 0 aliphatic heterocycles. The highest BCUT2D eigenvalue weighted by Crippen LogP contribution is 2.50. The number of nitrogens with zero attached hydrogens (tertiary/aromatic N) is 1. The van der Waals surface area contributed by atoms with Crippen molar-refractivity contribution in [2.75, 3.05) is 60.7 Å². The van der Waals surface area contributed by atoms with E-state index in [-0.39, 0.29) is 24.0 Å². The summed E-state index contributed by atoms with van der Waals surface area (Å²) in [6, 6.07) is 0. The van der Waals surface area contributed by atoms with Crippen molar-refractivity contribution in [2.24, 2.45) is 0 Å². The summed E-state index contributed by atoms with van der Waals surface area (Å²) in [5.74, 6) is 1.73. The molecule has 1 aromatic rings. The normalized spacial score (nSPS) is 11.1. The van der Waals surface area contributed by atoms with Gasteiger partial charge in [-0.05, 0) is 24.3 Å². The molecule has 0 unspecified atom stereocenters. The highest BCUT2D eigenvalue weighted by atomic mass is 127. The van der Waals surface area contributed by atoms with Gasteiger partial charge in [-0.3, -0.25) is 0 Å². The molecular weight excluding hydrogens is 461 g/mol. The molecule has 0 saturated carbocycles. The molecule has 0 bridgehead atoms. The van der Waals surface area contributed by atoms with E-state index >= 15 is 0 Å². The number of halogens is 1. The lowest BCUT2D eigenvalue weighted by Gasteiger charge is -2.27. The fraction of sp³-hybridized carbons (Fsp3) is 0.625. The fourth-order valence-electron chi connectivity index (χ4n) is 2.35. The third kappa shape index (κ3) is 5.80. The zero-order chi connectivity index (χ0) is 16.9. The van der Waals surface area contributed by atoms with Gasteiger partial charge in [0.25, 0.3) is 0 Å². The van der Waals surface area contributed by atoms with Crippen molar-refractivity contribution >= 4 is 35.3 Å². The molecule has 0 atom stereocenters. The number of hydrogen-bond acceptors (Lipinski definition) is 5. The summed E-state index contributed by atoms with van der Waals surface area (Å²) >= 11 is 5.27. The lowest BCUT2D eigenvalue weighted by atomic mass is 10.1. The molecule has 0 saturated heterocycles. The van der Waals surface area contributed by atoms with Crippen LogP contribution in [0.3, 0.4) is 0 Å². The van der Waals surface area contributed by atoms with Crippen LogP contribution in [0, 0.1) is 0 Å². The number of methoxy groups -OCH3 is 2. The van der Waals surface area contributed by atoms with Crippen molar-refractivity contribution in [3.8, 4) is 11.5 Å². The Morgan fingerprint density at radius 3 is 1.57 bits per heavy atom. The Kier molecular flexibility index (Phi) is 10.8. The SMILES string of the molecule is COc1c(OC)c(SC)c(SC)c(CC[N+](C)(C)C)c1SC.[I-]. The van der Waals surface area contributed by atoms with Crippen LogP contribution >= 0.6 is 35.3 Å². The monoisotopic (exact) mass is 489 g/mol. The van der Waals surface area contributed by atoms with Crippen LogP contribution in [0.5, 0.6) is 11.5 Å². The van der Waals surface area contributed by atoms with E-state index in [9.17, 15) is 0 Å². The highest BCUT2D eigenvalue weighted by molar-refractivity contribution is 8.02. The molecule has 0 aromatic heterocycles. The average molecular weight is 490 g/mol. The topological polar surface area (TPSA) is 18.5 Å². The van der Waals surface area contributed by atoms with Gasteiger partial charge in [0.15, 0.2) is 11.5 Å². The molecule has 0 heterocycles. The second kappa shape index (κ2) is 10.5. The van der Waals surface area contributed by atoms with Crippen molar-refractivity contribution in [1.29, 1.82) is 0 Å². The summed E-state index contributed by atoms with van der Waals surface area (Å²) in [7, 11) is 10.1. The Balaban J connectivity index is 0.00000484. The van der Waals surface area contributed by atoms with E-state index in [4.69, 9.17) is 9.47 Å². The number of rotatable bonds is 8. The van der Waals surface area contributed by atoms with Crippen molar-refractivity contribution in [1.82, 2.24) is 0 Å². The summed E-state index contributed by atoms with van der Waals surface area (Å²) in [6.07, 6.45) is 7.37. The molecule has 23 heavy (non-hydrogen) atoms. The van der Waals surface area contributed by atoms with Crippen LogP contribution < -0.4 is 33.5 Å². The van der Waals surface area contributed by atoms with Gasteiger partial charge < -0.3 is 37.9 Å². The van der Waals surface area contributed by atoms with Gasteiger partial charge in [0.05, 0.1) is 51.7 Å². The zero-order valence-electron chi connectivity index (χ0n) is 15.3. The van der Waals surface area contributed by atoms with Gasteiger partial charge in [-0.1, -0.05) is 0 Å². The predicted molar refractivity (Wildman–Crippen MR) is 101 cm³/mol. The number of likely N-dealkylation sites (N-methyl/N-ethyl adjacent to an activating group) is 1. The zero-order valence-corrected chi connectivity index (χ0v) is 19.9. The Morgan fingerprint density at radius 1 is 0.783 bits per heavy atom. The van der Waals surface area contributed by atoms with Crippen LogP contribution in [0.1, 0.15) is 5.56 Å². The Morgan fingerprint density at radius 2 is 1.22 bits per heavy atom. The van der Waals surface area contributed by atoms with Gasteiger partial charge in [-0.2, -0.15) is 0 Å². The van der Waals surface area contributed by atoms with E-state index in [2.05, 4.69) is 39.9 Å². The Labute approximate surface area is 171 Å². The summed E-state index contributed by atoms with van der Waals surface area (Å²) in [5, 5.41) is 0. The molecule has 0 aliphatic carbocycles. The molecule has 1 rings (SSSR count). The van der Waals surface area contributed by atoms with Crippen LogP contribution in [-0.4, -0.2) is 65.2 Å². The molecular formula is C16H28INO2S3. The molecule has 0 aliphatic rings. The first kappa shape index (κ1) is 23.6. The Bertz CT molecular complexity index is 486. The van der Waals surface area contributed by atoms with Crippen molar-refractivity contribution in [3.05, 3.63) is 5.56 Å². The smallest absolute Gasteiger partial charge is 0.176 e. The summed E-state index contributed by atoms with van der Waals surface area (Å²) < 4.78 is 12.3. The average Bonchev–Trinajstić information content (AvgIpc) is 2.49. The van der Waals surface area contributed by atoms with Gasteiger partial charge in [-0.25, -0.2) is 0 Å². The molecule has 0 spiro atoms. The second-order valence-electron chi connectivity index (χ2n) is 5.91. The van der Waals surface area contributed by atoms with Gasteiger partial charge in [0.2, 0.25) is 0 Å². The van der Waals surface area contributed by atoms with Crippen molar-refractivity contribution in [2.45, 2.75) is 21.1 Å². The molecule has 3 nitrogen and oxygen atoms in total. The van der Waals surface area contributed by atoms with Crippen LogP contribution in [0.25, 0.3) is 0 Å². The van der Waals surface area contributed by atoms with E-state index in [1.165, 1.54) is 20.2 Å². The van der Waals surface area contributed by atoms with Crippen LogP contribution in [0.2, 0.25) is 0 Å². The number of ether oxygens (including phenoxy) is 2. The predicted octanol–water partition coefficient (Wildman–Crippen LogP) is 1.12. The molecule has 134 valence electrons. The van der Waals surface area contributed by atoms with Crippen molar-refractivity contribution < 1.29 is 37.9 Å². The van der Waals surface area contributed by atoms with Crippen LogP contribution in [-0.2, 0) is 6.42 Å². The molecule has 0 fully saturated rings. The molecule has 0 N–H and O–H groups in total. The minimum absolute atomic E-state index is 0. The third-order valence-electron chi connectivity index (χ3n) is 3.43. The van der Waals surface area contributed by atoms with E-state index < -0.39 is 0 Å². The Hall–Kier alpha value is 0.560. The third-order valence-corrected chi connectivity index (χ3v) is 6.05. The minimum Gasteiger partial charge on any atom is -1.00 e. The minimum atomic E-state index is 0. The maximum absolute atomic E-state index is 5.70. The number of benzene rings is 1. The number of quaternary nitrogens is 1. The standard InChI is InChI=1S/C16H28NO2S3.HI/c1-17(2,3)10-9-11-14(20-6)12(18-4)13(19-5)16(22-8)15(11)21-7;/h9-10H2,1-8H3;1H/q+1;/p-1. The van der Waals surface area contributed by atoms with Gasteiger partial charge in [0, 0.05) is 11.3 Å². The first-order chi connectivity index (χ1) is 10.3. The second-order valence-corrected chi connectivity index (χ2v) is 8.36. The largest absolute Gasteiger partial charge is 1.00 e. The molecule has 7 heteroatoms. The van der Waals surface area contributed by atoms with E-state index in [1.54, 1.807) is 49.5 Å². The first-order valence-electron chi connectivity index (χ1n) is 7.07. The lowest BCUT2D eigenvalue weighted by Crippen LogP contribution is -3.00. The van der Waals surface area contributed by atoms with Gasteiger partial charge >= 0.3 is 0 Å². The van der Waals surface area contributed by atoms with E-state index in [0.717, 1.165) is 28.9 Å². The van der Waals surface area contributed by atoms with E-state index in [1.807, 2.05) is 0 Å². The quantitative estimate of drug-likeness (QED) is 0.309. The molecule has 1 aromatic carbocycles. The molecule has 0 amide bonds. The lowest BCUT2D eigenvalue weighted by molar-refractivity contribution is -0.870.